The van der Waals surface area contributed by atoms with Crippen LogP contribution >= 0.6 is 0 Å². The average Bonchev–Trinajstić information content (AvgIpc) is 2.06. The molecule has 0 spiro atoms. The van der Waals surface area contributed by atoms with Crippen LogP contribution in [-0.4, -0.2) is 17.0 Å². The van der Waals surface area contributed by atoms with Gasteiger partial charge in [0.15, 0.2) is 5.78 Å². The van der Waals surface area contributed by atoms with Gasteiger partial charge in [0, 0.05) is 6.42 Å². The van der Waals surface area contributed by atoms with Gasteiger partial charge in [-0.15, -0.1) is 0 Å². The molecule has 3 nitrogen and oxygen atoms in total. The summed E-state index contributed by atoms with van der Waals surface area (Å²) in [6, 6.07) is 4.59. The van der Waals surface area contributed by atoms with E-state index in [-0.39, 0.29) is 17.6 Å². The average molecular weight is 178 g/mol. The number of carbonyl (C=O) groups is 1. The number of phenols is 1. The van der Waals surface area contributed by atoms with Crippen molar-refractivity contribution in [3.05, 3.63) is 23.8 Å². The van der Waals surface area contributed by atoms with Gasteiger partial charge in [0.05, 0.1) is 5.56 Å². The third kappa shape index (κ3) is 1.37. The third-order valence-electron chi connectivity index (χ3n) is 2.06. The van der Waals surface area contributed by atoms with Crippen LogP contribution < -0.4 is 4.74 Å². The minimum Gasteiger partial charge on any atom is -0.508 e. The SMILES string of the molecule is C[C@H]1CC(=O)c2cc(O)ccc2O1. The summed E-state index contributed by atoms with van der Waals surface area (Å²) in [7, 11) is 0. The van der Waals surface area contributed by atoms with Gasteiger partial charge < -0.3 is 9.84 Å². The molecule has 1 heterocycles. The quantitative estimate of drug-likeness (QED) is 0.658. The monoisotopic (exact) mass is 178 g/mol. The molecule has 0 bridgehead atoms. The lowest BCUT2D eigenvalue weighted by Gasteiger charge is -2.21. The molecule has 0 aromatic heterocycles. The fourth-order valence-corrected chi connectivity index (χ4v) is 1.47. The summed E-state index contributed by atoms with van der Waals surface area (Å²) < 4.78 is 5.43. The maximum Gasteiger partial charge on any atom is 0.170 e. The summed E-state index contributed by atoms with van der Waals surface area (Å²) in [5.41, 5.74) is 0.484. The Morgan fingerprint density at radius 2 is 2.31 bits per heavy atom. The van der Waals surface area contributed by atoms with Gasteiger partial charge >= 0.3 is 0 Å². The van der Waals surface area contributed by atoms with Crippen molar-refractivity contribution in [2.24, 2.45) is 0 Å². The van der Waals surface area contributed by atoms with E-state index in [1.807, 2.05) is 6.92 Å². The van der Waals surface area contributed by atoms with E-state index in [0.717, 1.165) is 0 Å². The highest BCUT2D eigenvalue weighted by atomic mass is 16.5. The maximum absolute atomic E-state index is 11.5. The molecule has 0 amide bonds. The molecule has 1 aromatic rings. The molecule has 68 valence electrons. The van der Waals surface area contributed by atoms with E-state index in [0.29, 0.717) is 17.7 Å². The lowest BCUT2D eigenvalue weighted by Crippen LogP contribution is -2.23. The predicted molar refractivity (Wildman–Crippen MR) is 47.1 cm³/mol. The first-order valence-corrected chi connectivity index (χ1v) is 4.19. The van der Waals surface area contributed by atoms with Crippen molar-refractivity contribution in [3.8, 4) is 11.5 Å². The molecule has 2 rings (SSSR count). The predicted octanol–water partition coefficient (Wildman–Crippen LogP) is 1.75. The summed E-state index contributed by atoms with van der Waals surface area (Å²) >= 11 is 0. The molecule has 1 aromatic carbocycles. The minimum atomic E-state index is -0.0652. The zero-order valence-electron chi connectivity index (χ0n) is 7.28. The Morgan fingerprint density at radius 1 is 1.54 bits per heavy atom. The summed E-state index contributed by atoms with van der Waals surface area (Å²) in [6.07, 6.45) is 0.320. The van der Waals surface area contributed by atoms with Crippen LogP contribution in [0.3, 0.4) is 0 Å². The minimum absolute atomic E-state index is 0.0321. The van der Waals surface area contributed by atoms with Crippen LogP contribution in [0.1, 0.15) is 23.7 Å². The van der Waals surface area contributed by atoms with Crippen LogP contribution in [-0.2, 0) is 0 Å². The van der Waals surface area contributed by atoms with Crippen molar-refractivity contribution in [1.29, 1.82) is 0 Å². The highest BCUT2D eigenvalue weighted by molar-refractivity contribution is 6.00. The number of aromatic hydroxyl groups is 1. The summed E-state index contributed by atoms with van der Waals surface area (Å²) in [4.78, 5) is 11.5. The maximum atomic E-state index is 11.5. The molecule has 0 unspecified atom stereocenters. The Kier molecular flexibility index (Phi) is 1.72. The highest BCUT2D eigenvalue weighted by Gasteiger charge is 2.23. The molecular formula is C10H10O3. The van der Waals surface area contributed by atoms with Crippen molar-refractivity contribution in [1.82, 2.24) is 0 Å². The van der Waals surface area contributed by atoms with Gasteiger partial charge in [-0.3, -0.25) is 4.79 Å². The van der Waals surface area contributed by atoms with Crippen LogP contribution in [0.5, 0.6) is 11.5 Å². The van der Waals surface area contributed by atoms with Gasteiger partial charge in [-0.25, -0.2) is 0 Å². The molecule has 1 aliphatic rings. The molecule has 1 N–H and O–H groups in total. The number of ketones is 1. The molecule has 3 heteroatoms. The van der Waals surface area contributed by atoms with E-state index >= 15 is 0 Å². The number of rotatable bonds is 0. The Bertz CT molecular complexity index is 357. The van der Waals surface area contributed by atoms with E-state index in [4.69, 9.17) is 9.84 Å². The van der Waals surface area contributed by atoms with Crippen LogP contribution in [0, 0.1) is 0 Å². The van der Waals surface area contributed by atoms with Gasteiger partial charge in [0.1, 0.15) is 17.6 Å². The van der Waals surface area contributed by atoms with Crippen molar-refractivity contribution in [3.63, 3.8) is 0 Å². The first-order chi connectivity index (χ1) is 6.16. The van der Waals surface area contributed by atoms with E-state index in [1.54, 1.807) is 6.07 Å². The normalized spacial score (nSPS) is 20.7. The zero-order valence-corrected chi connectivity index (χ0v) is 7.28. The van der Waals surface area contributed by atoms with Crippen molar-refractivity contribution in [2.45, 2.75) is 19.4 Å². The van der Waals surface area contributed by atoms with E-state index < -0.39 is 0 Å². The zero-order chi connectivity index (χ0) is 9.42. The Hall–Kier alpha value is -1.51. The smallest absolute Gasteiger partial charge is 0.170 e. The molecule has 0 aliphatic carbocycles. The van der Waals surface area contributed by atoms with Gasteiger partial charge in [0.25, 0.3) is 0 Å². The number of carbonyl (C=O) groups excluding carboxylic acids is 1. The van der Waals surface area contributed by atoms with E-state index in [2.05, 4.69) is 0 Å². The van der Waals surface area contributed by atoms with Gasteiger partial charge in [0.2, 0.25) is 0 Å². The second kappa shape index (κ2) is 2.76. The number of Topliss-reactive ketones (excluding diaryl/α,β-unsaturated/α-hetero) is 1. The van der Waals surface area contributed by atoms with E-state index in [9.17, 15) is 4.79 Å². The first-order valence-electron chi connectivity index (χ1n) is 4.19. The second-order valence-electron chi connectivity index (χ2n) is 3.24. The lowest BCUT2D eigenvalue weighted by molar-refractivity contribution is 0.0870. The molecule has 1 aliphatic heterocycles. The van der Waals surface area contributed by atoms with Crippen LogP contribution in [0.4, 0.5) is 0 Å². The van der Waals surface area contributed by atoms with Gasteiger partial charge in [-0.05, 0) is 25.1 Å². The van der Waals surface area contributed by atoms with Crippen LogP contribution in [0.15, 0.2) is 18.2 Å². The van der Waals surface area contributed by atoms with Crippen molar-refractivity contribution >= 4 is 5.78 Å². The fourth-order valence-electron chi connectivity index (χ4n) is 1.47. The largest absolute Gasteiger partial charge is 0.508 e. The molecular weight excluding hydrogens is 168 g/mol. The molecule has 13 heavy (non-hydrogen) atoms. The van der Waals surface area contributed by atoms with Crippen molar-refractivity contribution in [2.75, 3.05) is 0 Å². The topological polar surface area (TPSA) is 46.5 Å². The third-order valence-corrected chi connectivity index (χ3v) is 2.06. The number of hydrogen-bond acceptors (Lipinski definition) is 3. The van der Waals surface area contributed by atoms with Gasteiger partial charge in [-0.1, -0.05) is 0 Å². The highest BCUT2D eigenvalue weighted by Crippen LogP contribution is 2.30. The first kappa shape index (κ1) is 8.10. The standard InChI is InChI=1S/C10H10O3/c1-6-4-9(12)8-5-7(11)2-3-10(8)13-6/h2-3,5-6,11H,4H2,1H3/t6-/m0/s1. The summed E-state index contributed by atoms with van der Waals surface area (Å²) in [5.74, 6) is 0.705. The number of benzene rings is 1. The molecule has 0 radical (unpaired) electrons. The molecule has 0 saturated heterocycles. The number of hydrogen-bond donors (Lipinski definition) is 1. The Morgan fingerprint density at radius 3 is 3.08 bits per heavy atom. The Balaban J connectivity index is 2.49. The van der Waals surface area contributed by atoms with Gasteiger partial charge in [-0.2, -0.15) is 0 Å². The fraction of sp³-hybridized carbons (Fsp3) is 0.300. The molecule has 0 fully saturated rings. The number of fused-ring (bicyclic) bond motifs is 1. The van der Waals surface area contributed by atoms with Crippen LogP contribution in [0.2, 0.25) is 0 Å². The van der Waals surface area contributed by atoms with E-state index in [1.165, 1.54) is 12.1 Å². The lowest BCUT2D eigenvalue weighted by atomic mass is 10.0. The number of ether oxygens (including phenoxy) is 1. The molecule has 0 saturated carbocycles. The number of phenolic OH excluding ortho intramolecular Hbond substituents is 1. The second-order valence-corrected chi connectivity index (χ2v) is 3.24. The summed E-state index contributed by atoms with van der Waals surface area (Å²) in [6.45, 7) is 1.85. The summed E-state index contributed by atoms with van der Waals surface area (Å²) in [5, 5.41) is 9.16. The molecule has 1 atom stereocenters. The Labute approximate surface area is 76.0 Å². The van der Waals surface area contributed by atoms with Crippen LogP contribution in [0.25, 0.3) is 0 Å². The van der Waals surface area contributed by atoms with Crippen molar-refractivity contribution < 1.29 is 14.6 Å².